The SMILES string of the molecule is COc1ccccc1Nc1nn2c(=O)c3ccc(C(=O)N4CCC[C@@H](C)C4)cc3nc2s1. The van der Waals surface area contributed by atoms with Gasteiger partial charge < -0.3 is 15.0 Å². The van der Waals surface area contributed by atoms with E-state index in [-0.39, 0.29) is 11.5 Å². The Balaban J connectivity index is 1.51. The van der Waals surface area contributed by atoms with Gasteiger partial charge in [-0.1, -0.05) is 30.4 Å². The van der Waals surface area contributed by atoms with E-state index in [1.165, 1.54) is 15.9 Å². The number of nitrogens with one attached hydrogen (secondary N) is 1. The van der Waals surface area contributed by atoms with Crippen molar-refractivity contribution in [1.82, 2.24) is 19.5 Å². The number of carbonyl (C=O) groups excluding carboxylic acids is 1. The van der Waals surface area contributed by atoms with Gasteiger partial charge in [0.25, 0.3) is 11.5 Å². The largest absolute Gasteiger partial charge is 0.495 e. The number of para-hydroxylation sites is 2. The number of piperidine rings is 1. The number of anilines is 2. The number of ether oxygens (including phenoxy) is 1. The van der Waals surface area contributed by atoms with Gasteiger partial charge in [-0.3, -0.25) is 9.59 Å². The zero-order valence-corrected chi connectivity index (χ0v) is 18.7. The quantitative estimate of drug-likeness (QED) is 0.508. The van der Waals surface area contributed by atoms with Gasteiger partial charge in [-0.05, 0) is 49.1 Å². The molecule has 0 saturated carbocycles. The summed E-state index contributed by atoms with van der Waals surface area (Å²) < 4.78 is 6.66. The molecule has 1 N–H and O–H groups in total. The van der Waals surface area contributed by atoms with Crippen LogP contribution in [0, 0.1) is 5.92 Å². The summed E-state index contributed by atoms with van der Waals surface area (Å²) in [4.78, 5) is 33.0. The van der Waals surface area contributed by atoms with Gasteiger partial charge in [0.15, 0.2) is 0 Å². The van der Waals surface area contributed by atoms with Crippen molar-refractivity contribution in [3.63, 3.8) is 0 Å². The van der Waals surface area contributed by atoms with Crippen molar-refractivity contribution in [1.29, 1.82) is 0 Å². The first-order valence-electron chi connectivity index (χ1n) is 10.6. The molecule has 2 aromatic heterocycles. The summed E-state index contributed by atoms with van der Waals surface area (Å²) in [6.07, 6.45) is 2.16. The minimum atomic E-state index is -0.264. The second kappa shape index (κ2) is 8.23. The molecule has 32 heavy (non-hydrogen) atoms. The van der Waals surface area contributed by atoms with E-state index in [1.807, 2.05) is 29.2 Å². The molecule has 3 heterocycles. The number of hydrogen-bond acceptors (Lipinski definition) is 7. The van der Waals surface area contributed by atoms with Crippen molar-refractivity contribution < 1.29 is 9.53 Å². The van der Waals surface area contributed by atoms with Crippen LogP contribution in [0.15, 0.2) is 47.3 Å². The summed E-state index contributed by atoms with van der Waals surface area (Å²) >= 11 is 1.26. The molecule has 0 unspecified atom stereocenters. The van der Waals surface area contributed by atoms with Crippen molar-refractivity contribution in [2.24, 2.45) is 5.92 Å². The van der Waals surface area contributed by atoms with Crippen molar-refractivity contribution in [3.8, 4) is 5.75 Å². The van der Waals surface area contributed by atoms with Gasteiger partial charge in [0, 0.05) is 18.7 Å². The number of amides is 1. The number of fused-ring (bicyclic) bond motifs is 2. The predicted molar refractivity (Wildman–Crippen MR) is 125 cm³/mol. The van der Waals surface area contributed by atoms with Crippen LogP contribution in [0.25, 0.3) is 15.9 Å². The van der Waals surface area contributed by atoms with Crippen LogP contribution >= 0.6 is 11.3 Å². The van der Waals surface area contributed by atoms with E-state index in [0.717, 1.165) is 31.6 Å². The molecule has 0 aliphatic carbocycles. The number of aromatic nitrogens is 3. The van der Waals surface area contributed by atoms with Gasteiger partial charge in [-0.25, -0.2) is 4.98 Å². The van der Waals surface area contributed by atoms with E-state index >= 15 is 0 Å². The predicted octanol–water partition coefficient (Wildman–Crippen LogP) is 3.93. The Morgan fingerprint density at radius 2 is 2.09 bits per heavy atom. The van der Waals surface area contributed by atoms with E-state index in [4.69, 9.17) is 4.74 Å². The fraction of sp³-hybridized carbons (Fsp3) is 0.304. The highest BCUT2D eigenvalue weighted by atomic mass is 32.1. The highest BCUT2D eigenvalue weighted by Crippen LogP contribution is 2.29. The lowest BCUT2D eigenvalue weighted by Crippen LogP contribution is -2.39. The summed E-state index contributed by atoms with van der Waals surface area (Å²) in [6.45, 7) is 3.70. The number of methoxy groups -OCH3 is 1. The standard InChI is InChI=1S/C23H23N5O3S/c1-14-6-5-11-27(13-14)20(29)15-9-10-16-18(12-15)25-23-28(21(16)30)26-22(32-23)24-17-7-3-4-8-19(17)31-2/h3-4,7-10,12,14H,5-6,11,13H2,1-2H3,(H,24,26)/t14-/m1/s1. The minimum Gasteiger partial charge on any atom is -0.495 e. The molecule has 2 aromatic carbocycles. The molecule has 164 valence electrons. The molecule has 1 fully saturated rings. The van der Waals surface area contributed by atoms with Gasteiger partial charge in [0.1, 0.15) is 5.75 Å². The topological polar surface area (TPSA) is 88.8 Å². The number of hydrogen-bond donors (Lipinski definition) is 1. The molecule has 1 atom stereocenters. The molecule has 1 amide bonds. The Kier molecular flexibility index (Phi) is 5.26. The molecule has 1 aliphatic heterocycles. The summed E-state index contributed by atoms with van der Waals surface area (Å²) in [5, 5.41) is 8.54. The van der Waals surface area contributed by atoms with E-state index in [0.29, 0.717) is 38.2 Å². The minimum absolute atomic E-state index is 0.0109. The van der Waals surface area contributed by atoms with E-state index < -0.39 is 0 Å². The van der Waals surface area contributed by atoms with Crippen LogP contribution in [0.3, 0.4) is 0 Å². The third kappa shape index (κ3) is 3.69. The molecule has 1 aliphatic rings. The van der Waals surface area contributed by atoms with Gasteiger partial charge >= 0.3 is 0 Å². The lowest BCUT2D eigenvalue weighted by atomic mass is 9.99. The average Bonchev–Trinajstić information content (AvgIpc) is 3.21. The van der Waals surface area contributed by atoms with Gasteiger partial charge in [-0.2, -0.15) is 4.52 Å². The molecule has 0 radical (unpaired) electrons. The zero-order chi connectivity index (χ0) is 22.2. The third-order valence-corrected chi connectivity index (χ3v) is 6.56. The van der Waals surface area contributed by atoms with E-state index in [9.17, 15) is 9.59 Å². The maximum atomic E-state index is 13.0. The van der Waals surface area contributed by atoms with Crippen molar-refractivity contribution in [2.75, 3.05) is 25.5 Å². The Hall–Kier alpha value is -3.46. The Morgan fingerprint density at radius 1 is 1.25 bits per heavy atom. The van der Waals surface area contributed by atoms with Crippen LogP contribution in [-0.4, -0.2) is 45.6 Å². The number of benzene rings is 2. The van der Waals surface area contributed by atoms with Crippen LogP contribution in [0.1, 0.15) is 30.1 Å². The smallest absolute Gasteiger partial charge is 0.283 e. The average molecular weight is 450 g/mol. The maximum absolute atomic E-state index is 13.0. The fourth-order valence-electron chi connectivity index (χ4n) is 4.11. The lowest BCUT2D eigenvalue weighted by Gasteiger charge is -2.31. The molecule has 0 spiro atoms. The number of carbonyl (C=O) groups is 1. The molecule has 5 rings (SSSR count). The molecule has 8 nitrogen and oxygen atoms in total. The number of likely N-dealkylation sites (tertiary alicyclic amines) is 1. The summed E-state index contributed by atoms with van der Waals surface area (Å²) in [6, 6.07) is 12.6. The molecule has 0 bridgehead atoms. The molecule has 4 aromatic rings. The summed E-state index contributed by atoms with van der Waals surface area (Å²) in [5.74, 6) is 1.16. The van der Waals surface area contributed by atoms with E-state index in [2.05, 4.69) is 22.3 Å². The normalized spacial score (nSPS) is 16.4. The van der Waals surface area contributed by atoms with Crippen molar-refractivity contribution in [3.05, 3.63) is 58.4 Å². The van der Waals surface area contributed by atoms with Crippen LogP contribution in [0.5, 0.6) is 5.75 Å². The molecule has 1 saturated heterocycles. The molecular weight excluding hydrogens is 426 g/mol. The zero-order valence-electron chi connectivity index (χ0n) is 17.9. The maximum Gasteiger partial charge on any atom is 0.283 e. The van der Waals surface area contributed by atoms with Crippen LogP contribution in [0.4, 0.5) is 10.8 Å². The van der Waals surface area contributed by atoms with Crippen LogP contribution in [0.2, 0.25) is 0 Å². The molecular formula is C23H23N5O3S. The van der Waals surface area contributed by atoms with Crippen molar-refractivity contribution in [2.45, 2.75) is 19.8 Å². The summed E-state index contributed by atoms with van der Waals surface area (Å²) in [5.41, 5.74) is 1.54. The Labute approximate surface area is 188 Å². The number of nitrogens with zero attached hydrogens (tertiary/aromatic N) is 4. The summed E-state index contributed by atoms with van der Waals surface area (Å²) in [7, 11) is 1.60. The Morgan fingerprint density at radius 3 is 2.91 bits per heavy atom. The highest BCUT2D eigenvalue weighted by molar-refractivity contribution is 7.20. The van der Waals surface area contributed by atoms with Crippen LogP contribution in [-0.2, 0) is 0 Å². The first-order chi connectivity index (χ1) is 15.5. The molecule has 9 heteroatoms. The second-order valence-corrected chi connectivity index (χ2v) is 9.03. The highest BCUT2D eigenvalue weighted by Gasteiger charge is 2.23. The lowest BCUT2D eigenvalue weighted by molar-refractivity contribution is 0.0683. The van der Waals surface area contributed by atoms with Gasteiger partial charge in [0.2, 0.25) is 10.1 Å². The van der Waals surface area contributed by atoms with Gasteiger partial charge in [0.05, 0.1) is 23.7 Å². The first kappa shape index (κ1) is 20.4. The monoisotopic (exact) mass is 449 g/mol. The second-order valence-electron chi connectivity index (χ2n) is 8.07. The van der Waals surface area contributed by atoms with Gasteiger partial charge in [-0.15, -0.1) is 5.10 Å². The van der Waals surface area contributed by atoms with Crippen LogP contribution < -0.4 is 15.6 Å². The first-order valence-corrected chi connectivity index (χ1v) is 11.4. The van der Waals surface area contributed by atoms with E-state index in [1.54, 1.807) is 25.3 Å². The Bertz CT molecular complexity index is 1380. The number of rotatable bonds is 4. The third-order valence-electron chi connectivity index (χ3n) is 5.74. The fourth-order valence-corrected chi connectivity index (χ4v) is 4.92. The van der Waals surface area contributed by atoms with Crippen molar-refractivity contribution >= 4 is 43.9 Å².